The third kappa shape index (κ3) is 15.4. The van der Waals surface area contributed by atoms with Gasteiger partial charge in [-0.15, -0.1) is 0 Å². The summed E-state index contributed by atoms with van der Waals surface area (Å²) in [5.74, 6) is 3.41. The number of carbonyl (C=O) groups is 3. The van der Waals surface area contributed by atoms with Gasteiger partial charge in [0.05, 0.1) is 5.92 Å². The Morgan fingerprint density at radius 2 is 1.58 bits per heavy atom. The largest absolute Gasteiger partial charge is 0.481 e. The van der Waals surface area contributed by atoms with Crippen molar-refractivity contribution in [3.63, 3.8) is 0 Å². The number of carbonyl (C=O) groups excluding carboxylic acids is 2. The van der Waals surface area contributed by atoms with Crippen LogP contribution in [0, 0.1) is 5.92 Å². The highest BCUT2D eigenvalue weighted by Gasteiger charge is 2.22. The van der Waals surface area contributed by atoms with Crippen LogP contribution in [0.2, 0.25) is 0 Å². The number of rotatable bonds is 15. The Labute approximate surface area is 191 Å². The fraction of sp³-hybridized carbons (Fsp3) is 0.609. The molecule has 31 heavy (non-hydrogen) atoms. The fourth-order valence-electron chi connectivity index (χ4n) is 2.63. The molecule has 0 radical (unpaired) electrons. The molecule has 8 heteroatoms. The third-order valence-electron chi connectivity index (χ3n) is 4.66. The second kappa shape index (κ2) is 16.6. The molecular formula is C23H39N3O4S. The SMILES string of the molecule is CC(C)=CCC/C(C)=C/CC/C(C)=C/CSC[C@H](NC(=O)C[C@H](C)C(=O)O)C(=O)NN. The molecule has 0 aliphatic carbocycles. The molecule has 0 aromatic carbocycles. The number of hydrazine groups is 1. The van der Waals surface area contributed by atoms with E-state index in [2.05, 4.69) is 51.2 Å². The summed E-state index contributed by atoms with van der Waals surface area (Å²) < 4.78 is 0. The molecule has 0 rings (SSSR count). The van der Waals surface area contributed by atoms with Crippen molar-refractivity contribution in [3.8, 4) is 0 Å². The number of hydrogen-bond donors (Lipinski definition) is 4. The van der Waals surface area contributed by atoms with E-state index in [1.807, 2.05) is 5.43 Å². The van der Waals surface area contributed by atoms with E-state index in [-0.39, 0.29) is 6.42 Å². The van der Waals surface area contributed by atoms with Gasteiger partial charge in [0.15, 0.2) is 0 Å². The first-order chi connectivity index (χ1) is 14.6. The van der Waals surface area contributed by atoms with Crippen molar-refractivity contribution < 1.29 is 19.5 Å². The number of thioether (sulfide) groups is 1. The fourth-order valence-corrected chi connectivity index (χ4v) is 3.64. The molecule has 0 aliphatic heterocycles. The Morgan fingerprint density at radius 3 is 2.13 bits per heavy atom. The van der Waals surface area contributed by atoms with E-state index in [0.29, 0.717) is 11.5 Å². The molecule has 5 N–H and O–H groups in total. The molecule has 176 valence electrons. The highest BCUT2D eigenvalue weighted by Crippen LogP contribution is 2.13. The zero-order valence-electron chi connectivity index (χ0n) is 19.5. The number of nitrogens with two attached hydrogens (primary N) is 1. The maximum absolute atomic E-state index is 12.0. The van der Waals surface area contributed by atoms with Crippen LogP contribution in [-0.4, -0.2) is 40.4 Å². The number of aliphatic carboxylic acids is 1. The van der Waals surface area contributed by atoms with Crippen molar-refractivity contribution in [2.75, 3.05) is 11.5 Å². The summed E-state index contributed by atoms with van der Waals surface area (Å²) in [4.78, 5) is 34.8. The summed E-state index contributed by atoms with van der Waals surface area (Å²) in [7, 11) is 0. The molecule has 0 saturated carbocycles. The van der Waals surface area contributed by atoms with E-state index < -0.39 is 29.7 Å². The van der Waals surface area contributed by atoms with E-state index in [0.717, 1.165) is 25.7 Å². The molecule has 0 aromatic heterocycles. The molecule has 0 saturated heterocycles. The third-order valence-corrected chi connectivity index (χ3v) is 5.64. The van der Waals surface area contributed by atoms with Gasteiger partial charge in [-0.3, -0.25) is 19.8 Å². The van der Waals surface area contributed by atoms with Crippen molar-refractivity contribution in [3.05, 3.63) is 34.9 Å². The van der Waals surface area contributed by atoms with Crippen LogP contribution in [0.5, 0.6) is 0 Å². The lowest BCUT2D eigenvalue weighted by Gasteiger charge is -2.17. The summed E-state index contributed by atoms with van der Waals surface area (Å²) in [5.41, 5.74) is 6.08. The number of carboxylic acids is 1. The lowest BCUT2D eigenvalue weighted by atomic mass is 10.1. The molecule has 0 fully saturated rings. The molecule has 0 spiro atoms. The van der Waals surface area contributed by atoms with Gasteiger partial charge < -0.3 is 10.4 Å². The van der Waals surface area contributed by atoms with Crippen LogP contribution >= 0.6 is 11.8 Å². The quantitative estimate of drug-likeness (QED) is 0.0985. The summed E-state index contributed by atoms with van der Waals surface area (Å²) in [6, 6.07) is -0.802. The standard InChI is InChI=1S/C23H39N3O4S/c1-16(2)8-6-9-17(3)10-7-11-18(4)12-13-31-15-20(22(28)26-24)25-21(27)14-19(5)23(29)30/h8,10,12,19-20H,6-7,9,11,13-15,24H2,1-5H3,(H,25,27)(H,26,28)(H,29,30)/b17-10+,18-12+/t19-,20-/m0/s1. The lowest BCUT2D eigenvalue weighted by molar-refractivity contribution is -0.143. The monoisotopic (exact) mass is 453 g/mol. The first-order valence-corrected chi connectivity index (χ1v) is 11.8. The van der Waals surface area contributed by atoms with Crippen LogP contribution in [0.25, 0.3) is 0 Å². The van der Waals surface area contributed by atoms with Gasteiger partial charge >= 0.3 is 5.97 Å². The van der Waals surface area contributed by atoms with E-state index in [9.17, 15) is 14.4 Å². The Bertz CT molecular complexity index is 682. The van der Waals surface area contributed by atoms with Crippen LogP contribution < -0.4 is 16.6 Å². The minimum absolute atomic E-state index is 0.186. The molecule has 0 aromatic rings. The van der Waals surface area contributed by atoms with E-state index >= 15 is 0 Å². The van der Waals surface area contributed by atoms with Crippen LogP contribution in [0.3, 0.4) is 0 Å². The van der Waals surface area contributed by atoms with Crippen LogP contribution in [0.4, 0.5) is 0 Å². The van der Waals surface area contributed by atoms with Crippen molar-refractivity contribution in [2.45, 2.75) is 72.8 Å². The topological polar surface area (TPSA) is 122 Å². The van der Waals surface area contributed by atoms with Gasteiger partial charge in [-0.25, -0.2) is 5.84 Å². The van der Waals surface area contributed by atoms with Crippen molar-refractivity contribution in [2.24, 2.45) is 11.8 Å². The van der Waals surface area contributed by atoms with Gasteiger partial charge in [0.25, 0.3) is 5.91 Å². The smallest absolute Gasteiger partial charge is 0.306 e. The normalized spacial score (nSPS) is 13.9. The number of amides is 2. The highest BCUT2D eigenvalue weighted by molar-refractivity contribution is 7.99. The Hall–Kier alpha value is -2.06. The van der Waals surface area contributed by atoms with E-state index in [1.165, 1.54) is 35.4 Å². The van der Waals surface area contributed by atoms with Crippen LogP contribution in [0.15, 0.2) is 34.9 Å². The predicted octanol–water partition coefficient (Wildman–Crippen LogP) is 3.72. The van der Waals surface area contributed by atoms with E-state index in [4.69, 9.17) is 10.9 Å². The molecule has 2 atom stereocenters. The average molecular weight is 454 g/mol. The Balaban J connectivity index is 4.40. The van der Waals surface area contributed by atoms with Gasteiger partial charge in [0.2, 0.25) is 5.91 Å². The summed E-state index contributed by atoms with van der Waals surface area (Å²) >= 11 is 1.51. The molecule has 0 heterocycles. The number of allylic oxidation sites excluding steroid dienone is 5. The second-order valence-corrected chi connectivity index (χ2v) is 9.14. The summed E-state index contributed by atoms with van der Waals surface area (Å²) in [6.45, 7) is 9.93. The molecule has 2 amide bonds. The average Bonchev–Trinajstić information content (AvgIpc) is 2.69. The summed E-state index contributed by atoms with van der Waals surface area (Å²) in [5, 5.41) is 11.5. The minimum atomic E-state index is -1.05. The predicted molar refractivity (Wildman–Crippen MR) is 128 cm³/mol. The van der Waals surface area contributed by atoms with Crippen LogP contribution in [-0.2, 0) is 14.4 Å². The zero-order chi connectivity index (χ0) is 23.8. The second-order valence-electron chi connectivity index (χ2n) is 8.07. The van der Waals surface area contributed by atoms with Crippen LogP contribution in [0.1, 0.15) is 66.7 Å². The van der Waals surface area contributed by atoms with Gasteiger partial charge in [-0.2, -0.15) is 11.8 Å². The molecule has 0 unspecified atom stereocenters. The molecule has 0 bridgehead atoms. The first kappa shape index (κ1) is 28.9. The molecular weight excluding hydrogens is 414 g/mol. The van der Waals surface area contributed by atoms with Gasteiger partial charge in [0.1, 0.15) is 6.04 Å². The first-order valence-electron chi connectivity index (χ1n) is 10.6. The number of carboxylic acid groups (broad SMARTS) is 1. The highest BCUT2D eigenvalue weighted by atomic mass is 32.2. The summed E-state index contributed by atoms with van der Waals surface area (Å²) in [6.07, 6.45) is 10.6. The van der Waals surface area contributed by atoms with Crippen molar-refractivity contribution >= 4 is 29.5 Å². The lowest BCUT2D eigenvalue weighted by Crippen LogP contribution is -2.50. The zero-order valence-corrected chi connectivity index (χ0v) is 20.3. The molecule has 7 nitrogen and oxygen atoms in total. The van der Waals surface area contributed by atoms with Gasteiger partial charge in [-0.05, 0) is 53.4 Å². The maximum Gasteiger partial charge on any atom is 0.306 e. The Kier molecular flexibility index (Phi) is 15.5. The van der Waals surface area contributed by atoms with E-state index in [1.54, 1.807) is 0 Å². The number of hydrogen-bond acceptors (Lipinski definition) is 5. The van der Waals surface area contributed by atoms with Crippen molar-refractivity contribution in [1.29, 1.82) is 0 Å². The maximum atomic E-state index is 12.0. The minimum Gasteiger partial charge on any atom is -0.481 e. The van der Waals surface area contributed by atoms with Gasteiger partial charge in [0, 0.05) is 17.9 Å². The van der Waals surface area contributed by atoms with Gasteiger partial charge in [-0.1, -0.05) is 41.9 Å². The van der Waals surface area contributed by atoms with Crippen molar-refractivity contribution in [1.82, 2.24) is 10.7 Å². The molecule has 0 aliphatic rings. The number of nitrogens with one attached hydrogen (secondary N) is 2. The Morgan fingerprint density at radius 1 is 1.00 bits per heavy atom.